The zero-order valence-electron chi connectivity index (χ0n) is 14.3. The Morgan fingerprint density at radius 1 is 1.10 bits per heavy atom. The van der Waals surface area contributed by atoms with Crippen LogP contribution in [0.1, 0.15) is 77.6 Å². The molecule has 0 aliphatic heterocycles. The van der Waals surface area contributed by atoms with Gasteiger partial charge in [0.2, 0.25) is 0 Å². The highest BCUT2D eigenvalue weighted by Crippen LogP contribution is 2.37. The van der Waals surface area contributed by atoms with Crippen molar-refractivity contribution in [2.24, 2.45) is 11.8 Å². The van der Waals surface area contributed by atoms with Crippen LogP contribution in [0, 0.1) is 11.8 Å². The van der Waals surface area contributed by atoms with Crippen LogP contribution in [0.15, 0.2) is 12.4 Å². The highest BCUT2D eigenvalue weighted by atomic mass is 15.0. The minimum Gasteiger partial charge on any atom is -0.308 e. The number of aromatic nitrogens is 2. The van der Waals surface area contributed by atoms with Crippen molar-refractivity contribution >= 4 is 0 Å². The Morgan fingerprint density at radius 3 is 2.14 bits per heavy atom. The van der Waals surface area contributed by atoms with Gasteiger partial charge < -0.3 is 5.32 Å². The van der Waals surface area contributed by atoms with Gasteiger partial charge in [-0.2, -0.15) is 0 Å². The summed E-state index contributed by atoms with van der Waals surface area (Å²) in [4.78, 5) is 9.24. The van der Waals surface area contributed by atoms with Crippen molar-refractivity contribution in [1.29, 1.82) is 0 Å². The van der Waals surface area contributed by atoms with Crippen LogP contribution in [0.25, 0.3) is 0 Å². The van der Waals surface area contributed by atoms with Crippen molar-refractivity contribution in [2.75, 3.05) is 0 Å². The van der Waals surface area contributed by atoms with Crippen LogP contribution in [-0.2, 0) is 6.54 Å². The summed E-state index contributed by atoms with van der Waals surface area (Å²) in [6, 6.07) is 0. The lowest BCUT2D eigenvalue weighted by Crippen LogP contribution is -2.35. The van der Waals surface area contributed by atoms with Crippen molar-refractivity contribution in [3.8, 4) is 0 Å². The molecule has 1 aliphatic rings. The molecule has 1 fully saturated rings. The molecule has 3 heteroatoms. The molecule has 0 saturated heterocycles. The molecule has 0 bridgehead atoms. The van der Waals surface area contributed by atoms with Crippen molar-refractivity contribution in [2.45, 2.75) is 78.3 Å². The molecule has 1 aromatic heterocycles. The van der Waals surface area contributed by atoms with E-state index in [0.717, 1.165) is 24.2 Å². The van der Waals surface area contributed by atoms with Crippen LogP contribution in [-0.4, -0.2) is 15.5 Å². The number of nitrogens with zero attached hydrogens (tertiary/aromatic N) is 2. The largest absolute Gasteiger partial charge is 0.308 e. The van der Waals surface area contributed by atoms with Gasteiger partial charge in [-0.25, -0.2) is 9.97 Å². The van der Waals surface area contributed by atoms with E-state index in [1.54, 1.807) is 0 Å². The fraction of sp³-hybridized carbons (Fsp3) is 0.778. The molecule has 1 N–H and O–H groups in total. The SMILES string of the molecule is CC(C)C1CCC(c2ncc(CNC(C)(C)C)cn2)CC1. The molecule has 2 rings (SSSR count). The number of hydrogen-bond donors (Lipinski definition) is 1. The summed E-state index contributed by atoms with van der Waals surface area (Å²) in [5, 5.41) is 3.48. The van der Waals surface area contributed by atoms with Crippen LogP contribution in [0.3, 0.4) is 0 Å². The van der Waals surface area contributed by atoms with E-state index in [2.05, 4.69) is 49.9 Å². The second kappa shape index (κ2) is 6.87. The summed E-state index contributed by atoms with van der Waals surface area (Å²) >= 11 is 0. The molecule has 0 aromatic carbocycles. The molecular weight excluding hydrogens is 258 g/mol. The fourth-order valence-electron chi connectivity index (χ4n) is 3.08. The third kappa shape index (κ3) is 5.06. The van der Waals surface area contributed by atoms with E-state index < -0.39 is 0 Å². The topological polar surface area (TPSA) is 37.8 Å². The molecule has 0 atom stereocenters. The Hall–Kier alpha value is -0.960. The first kappa shape index (κ1) is 16.4. The molecule has 1 saturated carbocycles. The van der Waals surface area contributed by atoms with Crippen molar-refractivity contribution in [3.63, 3.8) is 0 Å². The molecule has 0 spiro atoms. The summed E-state index contributed by atoms with van der Waals surface area (Å²) in [7, 11) is 0. The number of rotatable bonds is 4. The second-order valence-electron chi connectivity index (χ2n) is 7.91. The first-order valence-electron chi connectivity index (χ1n) is 8.41. The molecule has 0 amide bonds. The van der Waals surface area contributed by atoms with Gasteiger partial charge in [-0.05, 0) is 58.3 Å². The third-order valence-electron chi connectivity index (χ3n) is 4.63. The second-order valence-corrected chi connectivity index (χ2v) is 7.91. The summed E-state index contributed by atoms with van der Waals surface area (Å²) in [6.45, 7) is 12.1. The zero-order valence-corrected chi connectivity index (χ0v) is 14.3. The van der Waals surface area contributed by atoms with Gasteiger partial charge in [-0.15, -0.1) is 0 Å². The zero-order chi connectivity index (χ0) is 15.5. The van der Waals surface area contributed by atoms with E-state index in [1.807, 2.05) is 12.4 Å². The molecule has 21 heavy (non-hydrogen) atoms. The van der Waals surface area contributed by atoms with Gasteiger partial charge in [0.1, 0.15) is 5.82 Å². The number of hydrogen-bond acceptors (Lipinski definition) is 3. The Bertz CT molecular complexity index is 423. The van der Waals surface area contributed by atoms with E-state index in [9.17, 15) is 0 Å². The molecule has 1 aliphatic carbocycles. The highest BCUT2D eigenvalue weighted by molar-refractivity contribution is 5.08. The summed E-state index contributed by atoms with van der Waals surface area (Å²) in [6.07, 6.45) is 9.16. The lowest BCUT2D eigenvalue weighted by molar-refractivity contribution is 0.254. The van der Waals surface area contributed by atoms with Gasteiger partial charge >= 0.3 is 0 Å². The average Bonchev–Trinajstić information content (AvgIpc) is 2.45. The van der Waals surface area contributed by atoms with Crippen LogP contribution in [0.2, 0.25) is 0 Å². The van der Waals surface area contributed by atoms with E-state index in [4.69, 9.17) is 0 Å². The predicted molar refractivity (Wildman–Crippen MR) is 88.2 cm³/mol. The van der Waals surface area contributed by atoms with Crippen LogP contribution < -0.4 is 5.32 Å². The normalized spacial score (nSPS) is 23.5. The molecule has 3 nitrogen and oxygen atoms in total. The van der Waals surface area contributed by atoms with E-state index in [-0.39, 0.29) is 5.54 Å². The summed E-state index contributed by atoms with van der Waals surface area (Å²) in [5.74, 6) is 3.34. The molecule has 0 unspecified atom stereocenters. The first-order valence-corrected chi connectivity index (χ1v) is 8.41. The van der Waals surface area contributed by atoms with Crippen molar-refractivity contribution in [1.82, 2.24) is 15.3 Å². The minimum absolute atomic E-state index is 0.133. The standard InChI is InChI=1S/C18H31N3/c1-13(2)15-6-8-16(9-7-15)17-19-10-14(11-20-17)12-21-18(3,4)5/h10-11,13,15-16,21H,6-9,12H2,1-5H3. The Kier molecular flexibility index (Phi) is 5.37. The van der Waals surface area contributed by atoms with E-state index >= 15 is 0 Å². The van der Waals surface area contributed by atoms with Gasteiger partial charge in [0.15, 0.2) is 0 Å². The predicted octanol–water partition coefficient (Wildman–Crippen LogP) is 4.29. The maximum absolute atomic E-state index is 4.62. The highest BCUT2D eigenvalue weighted by Gasteiger charge is 2.25. The average molecular weight is 289 g/mol. The third-order valence-corrected chi connectivity index (χ3v) is 4.63. The van der Waals surface area contributed by atoms with Gasteiger partial charge in [-0.1, -0.05) is 13.8 Å². The van der Waals surface area contributed by atoms with Crippen LogP contribution in [0.5, 0.6) is 0 Å². The fourth-order valence-corrected chi connectivity index (χ4v) is 3.08. The van der Waals surface area contributed by atoms with Gasteiger partial charge in [0.05, 0.1) is 0 Å². The lowest BCUT2D eigenvalue weighted by atomic mass is 9.77. The molecule has 1 heterocycles. The smallest absolute Gasteiger partial charge is 0.131 e. The first-order chi connectivity index (χ1) is 9.85. The molecule has 1 aromatic rings. The van der Waals surface area contributed by atoms with Crippen molar-refractivity contribution < 1.29 is 0 Å². The Labute approximate surface area is 130 Å². The molecule has 0 radical (unpaired) electrons. The van der Waals surface area contributed by atoms with Crippen LogP contribution >= 0.6 is 0 Å². The van der Waals surface area contributed by atoms with Gasteiger partial charge in [0.25, 0.3) is 0 Å². The molecule has 118 valence electrons. The lowest BCUT2D eigenvalue weighted by Gasteiger charge is -2.30. The van der Waals surface area contributed by atoms with E-state index in [0.29, 0.717) is 5.92 Å². The minimum atomic E-state index is 0.133. The molecular formula is C18H31N3. The quantitative estimate of drug-likeness (QED) is 0.898. The Morgan fingerprint density at radius 2 is 1.67 bits per heavy atom. The summed E-state index contributed by atoms with van der Waals surface area (Å²) in [5.41, 5.74) is 1.30. The monoisotopic (exact) mass is 289 g/mol. The Balaban J connectivity index is 1.88. The summed E-state index contributed by atoms with van der Waals surface area (Å²) < 4.78 is 0. The van der Waals surface area contributed by atoms with Crippen molar-refractivity contribution in [3.05, 3.63) is 23.8 Å². The maximum Gasteiger partial charge on any atom is 0.131 e. The number of nitrogens with one attached hydrogen (secondary N) is 1. The van der Waals surface area contributed by atoms with Gasteiger partial charge in [0, 0.05) is 36.0 Å². The van der Waals surface area contributed by atoms with Gasteiger partial charge in [-0.3, -0.25) is 0 Å². The van der Waals surface area contributed by atoms with Crippen LogP contribution in [0.4, 0.5) is 0 Å². The maximum atomic E-state index is 4.62. The van der Waals surface area contributed by atoms with E-state index in [1.165, 1.54) is 31.2 Å².